The number of amides is 1. The van der Waals surface area contributed by atoms with Crippen LogP contribution < -0.4 is 0 Å². The van der Waals surface area contributed by atoms with E-state index in [4.69, 9.17) is 16.6 Å². The number of carbonyl (C=O) groups excluding carboxylic acids is 1. The number of carboxylic acid groups (broad SMARTS) is 1. The van der Waals surface area contributed by atoms with E-state index < -0.39 is 17.9 Å². The largest absolute Gasteiger partial charge is 0.480 e. The number of aryl methyl sites for hydroxylation is 1. The average molecular weight is 387 g/mol. The second kappa shape index (κ2) is 7.47. The van der Waals surface area contributed by atoms with Gasteiger partial charge in [0.1, 0.15) is 21.9 Å². The molecule has 1 saturated heterocycles. The van der Waals surface area contributed by atoms with Crippen molar-refractivity contribution in [1.29, 1.82) is 0 Å². The van der Waals surface area contributed by atoms with E-state index in [0.29, 0.717) is 16.4 Å². The van der Waals surface area contributed by atoms with Crippen LogP contribution in [0.5, 0.6) is 0 Å². The summed E-state index contributed by atoms with van der Waals surface area (Å²) in [7, 11) is 0. The Kier molecular flexibility index (Phi) is 5.29. The lowest BCUT2D eigenvalue weighted by Gasteiger charge is -2.21. The van der Waals surface area contributed by atoms with E-state index in [1.165, 1.54) is 0 Å². The van der Waals surface area contributed by atoms with Crippen molar-refractivity contribution in [2.75, 3.05) is 0 Å². The Bertz CT molecular complexity index is 899. The van der Waals surface area contributed by atoms with Crippen LogP contribution in [0.2, 0.25) is 0 Å². The summed E-state index contributed by atoms with van der Waals surface area (Å²) in [5.74, 6) is -0.250. The molecule has 3 rings (SSSR count). The molecule has 26 heavy (non-hydrogen) atoms. The topological polar surface area (TPSA) is 70.8 Å². The van der Waals surface area contributed by atoms with Gasteiger partial charge in [0.2, 0.25) is 0 Å². The molecule has 1 fully saturated rings. The van der Waals surface area contributed by atoms with E-state index in [-0.39, 0.29) is 10.7 Å². The summed E-state index contributed by atoms with van der Waals surface area (Å²) in [6.07, 6.45) is 1.89. The number of hydrogen-bond donors (Lipinski definition) is 1. The van der Waals surface area contributed by atoms with Crippen molar-refractivity contribution in [2.24, 2.45) is 0 Å². The van der Waals surface area contributed by atoms with Crippen molar-refractivity contribution in [2.45, 2.75) is 26.3 Å². The number of rotatable bonds is 5. The molecular formula is C19H17NO4S2. The third-order valence-electron chi connectivity index (χ3n) is 4.04. The summed E-state index contributed by atoms with van der Waals surface area (Å²) in [6, 6.07) is 10.6. The molecule has 1 aliphatic rings. The van der Waals surface area contributed by atoms with Crippen molar-refractivity contribution in [3.05, 3.63) is 52.6 Å². The summed E-state index contributed by atoms with van der Waals surface area (Å²) in [6.45, 7) is 3.72. The van der Waals surface area contributed by atoms with Crippen molar-refractivity contribution in [3.8, 4) is 11.3 Å². The number of furan rings is 1. The zero-order chi connectivity index (χ0) is 18.8. The molecule has 1 N–H and O–H groups in total. The Balaban J connectivity index is 1.85. The first-order valence-corrected chi connectivity index (χ1v) is 9.30. The van der Waals surface area contributed by atoms with Crippen LogP contribution in [0.4, 0.5) is 0 Å². The van der Waals surface area contributed by atoms with E-state index >= 15 is 0 Å². The SMILES string of the molecule is CCC(C(=O)O)N1C(=O)/C(=C/c2ccc(-c3ccc(C)cc3)o2)SC1=S. The number of thioether (sulfide) groups is 1. The fraction of sp³-hybridized carbons (Fsp3) is 0.211. The number of carbonyl (C=O) groups is 2. The molecule has 1 aromatic carbocycles. The summed E-state index contributed by atoms with van der Waals surface area (Å²) in [5.41, 5.74) is 2.10. The highest BCUT2D eigenvalue weighted by molar-refractivity contribution is 8.26. The Morgan fingerprint density at radius 2 is 2.00 bits per heavy atom. The number of carboxylic acids is 1. The zero-order valence-corrected chi connectivity index (χ0v) is 15.9. The van der Waals surface area contributed by atoms with Crippen LogP contribution in [0.3, 0.4) is 0 Å². The molecule has 5 nitrogen and oxygen atoms in total. The van der Waals surface area contributed by atoms with E-state index in [0.717, 1.165) is 27.8 Å². The smallest absolute Gasteiger partial charge is 0.326 e. The fourth-order valence-corrected chi connectivity index (χ4v) is 3.99. The number of hydrogen-bond acceptors (Lipinski definition) is 5. The molecule has 0 saturated carbocycles. The van der Waals surface area contributed by atoms with Crippen LogP contribution in [-0.4, -0.2) is 32.2 Å². The Morgan fingerprint density at radius 1 is 1.31 bits per heavy atom. The normalized spacial score (nSPS) is 17.2. The Morgan fingerprint density at radius 3 is 2.62 bits per heavy atom. The molecule has 2 heterocycles. The molecule has 1 aromatic heterocycles. The van der Waals surface area contributed by atoms with Crippen LogP contribution in [0.1, 0.15) is 24.7 Å². The zero-order valence-electron chi connectivity index (χ0n) is 14.3. The molecule has 1 amide bonds. The molecule has 7 heteroatoms. The maximum absolute atomic E-state index is 12.6. The van der Waals surface area contributed by atoms with Gasteiger partial charge in [0.25, 0.3) is 5.91 Å². The van der Waals surface area contributed by atoms with E-state index in [9.17, 15) is 14.7 Å². The lowest BCUT2D eigenvalue weighted by molar-refractivity contribution is -0.145. The van der Waals surface area contributed by atoms with Gasteiger partial charge in [-0.1, -0.05) is 60.7 Å². The molecule has 0 radical (unpaired) electrons. The van der Waals surface area contributed by atoms with Crippen LogP contribution in [-0.2, 0) is 9.59 Å². The summed E-state index contributed by atoms with van der Waals surface area (Å²) >= 11 is 6.29. The predicted molar refractivity (Wildman–Crippen MR) is 106 cm³/mol. The average Bonchev–Trinajstić information content (AvgIpc) is 3.16. The van der Waals surface area contributed by atoms with Crippen LogP contribution in [0.15, 0.2) is 45.7 Å². The second-order valence-corrected chi connectivity index (χ2v) is 7.56. The van der Waals surface area contributed by atoms with Gasteiger partial charge in [0.05, 0.1) is 4.91 Å². The Hall–Kier alpha value is -2.38. The first-order valence-electron chi connectivity index (χ1n) is 8.07. The molecule has 1 unspecified atom stereocenters. The summed E-state index contributed by atoms with van der Waals surface area (Å²) in [4.78, 5) is 25.5. The van der Waals surface area contributed by atoms with E-state index in [1.54, 1.807) is 19.1 Å². The number of thiocarbonyl (C=S) groups is 1. The fourth-order valence-electron chi connectivity index (χ4n) is 2.65. The van der Waals surface area contributed by atoms with Gasteiger partial charge in [-0.2, -0.15) is 0 Å². The molecule has 1 aliphatic heterocycles. The third kappa shape index (κ3) is 3.59. The van der Waals surface area contributed by atoms with Gasteiger partial charge in [-0.25, -0.2) is 4.79 Å². The van der Waals surface area contributed by atoms with Crippen molar-refractivity contribution < 1.29 is 19.1 Å². The van der Waals surface area contributed by atoms with Crippen molar-refractivity contribution >= 4 is 46.3 Å². The van der Waals surface area contributed by atoms with E-state index in [1.807, 2.05) is 37.3 Å². The van der Waals surface area contributed by atoms with Crippen LogP contribution >= 0.6 is 24.0 Å². The van der Waals surface area contributed by atoms with Crippen LogP contribution in [0, 0.1) is 6.92 Å². The van der Waals surface area contributed by atoms with Gasteiger partial charge in [-0.15, -0.1) is 0 Å². The maximum atomic E-state index is 12.6. The van der Waals surface area contributed by atoms with Gasteiger partial charge in [0, 0.05) is 11.6 Å². The lowest BCUT2D eigenvalue weighted by Crippen LogP contribution is -2.43. The molecule has 0 spiro atoms. The molecule has 0 bridgehead atoms. The minimum Gasteiger partial charge on any atom is -0.480 e. The van der Waals surface area contributed by atoms with Crippen LogP contribution in [0.25, 0.3) is 17.4 Å². The van der Waals surface area contributed by atoms with Crippen molar-refractivity contribution in [1.82, 2.24) is 4.90 Å². The maximum Gasteiger partial charge on any atom is 0.326 e. The third-order valence-corrected chi connectivity index (χ3v) is 5.37. The van der Waals surface area contributed by atoms with Gasteiger partial charge < -0.3 is 9.52 Å². The van der Waals surface area contributed by atoms with E-state index in [2.05, 4.69) is 0 Å². The minimum absolute atomic E-state index is 0.251. The monoisotopic (exact) mass is 387 g/mol. The van der Waals surface area contributed by atoms with Crippen molar-refractivity contribution in [3.63, 3.8) is 0 Å². The first kappa shape index (κ1) is 18.4. The van der Waals surface area contributed by atoms with Gasteiger partial charge >= 0.3 is 5.97 Å². The minimum atomic E-state index is -1.07. The van der Waals surface area contributed by atoms with Gasteiger partial charge in [0.15, 0.2) is 0 Å². The number of nitrogens with zero attached hydrogens (tertiary/aromatic N) is 1. The number of aliphatic carboxylic acids is 1. The standard InChI is InChI=1S/C19H17NO4S2/c1-3-14(18(22)23)20-17(21)16(26-19(20)25)10-13-8-9-15(24-13)12-6-4-11(2)5-7-12/h4-10,14H,3H2,1-2H3,(H,22,23)/b16-10-. The van der Waals surface area contributed by atoms with Gasteiger partial charge in [-0.3, -0.25) is 9.69 Å². The highest BCUT2D eigenvalue weighted by atomic mass is 32.2. The lowest BCUT2D eigenvalue weighted by atomic mass is 10.1. The quantitative estimate of drug-likeness (QED) is 0.609. The summed E-state index contributed by atoms with van der Waals surface area (Å²) in [5, 5.41) is 9.29. The number of benzene rings is 1. The molecule has 2 aromatic rings. The molecular weight excluding hydrogens is 370 g/mol. The summed E-state index contributed by atoms with van der Waals surface area (Å²) < 4.78 is 6.06. The van der Waals surface area contributed by atoms with Gasteiger partial charge in [-0.05, 0) is 25.5 Å². The molecule has 134 valence electrons. The molecule has 0 aliphatic carbocycles. The first-order chi connectivity index (χ1) is 12.4. The Labute approximate surface area is 160 Å². The molecule has 1 atom stereocenters. The highest BCUT2D eigenvalue weighted by Crippen LogP contribution is 2.35. The predicted octanol–water partition coefficient (Wildman–Crippen LogP) is 4.32. The highest BCUT2D eigenvalue weighted by Gasteiger charge is 2.39. The second-order valence-electron chi connectivity index (χ2n) is 5.88.